The Kier molecular flexibility index (Phi) is 5.81. The Morgan fingerprint density at radius 1 is 1.07 bits per heavy atom. The third kappa shape index (κ3) is 4.14. The van der Waals surface area contributed by atoms with Crippen molar-refractivity contribution in [2.24, 2.45) is 5.10 Å². The van der Waals surface area contributed by atoms with Crippen molar-refractivity contribution in [3.63, 3.8) is 0 Å². The standard InChI is InChI=1S/C21H21ClN2O3/c1-4-26-19-10-9-15(12-20(19)27-5-2)11-18-14(3)23-24(21(18)25)17-8-6-7-16(22)13-17/h6-13H,4-5H2,1-3H3/b18-11+. The second-order valence-electron chi connectivity index (χ2n) is 5.91. The van der Waals surface area contributed by atoms with Crippen molar-refractivity contribution < 1.29 is 14.3 Å². The lowest BCUT2D eigenvalue weighted by Crippen LogP contribution is -2.21. The highest BCUT2D eigenvalue weighted by atomic mass is 35.5. The van der Waals surface area contributed by atoms with Gasteiger partial charge in [0.25, 0.3) is 5.91 Å². The molecule has 0 spiro atoms. The Bertz CT molecular complexity index is 921. The zero-order valence-corrected chi connectivity index (χ0v) is 16.3. The lowest BCUT2D eigenvalue weighted by Gasteiger charge is -2.12. The quantitative estimate of drug-likeness (QED) is 0.662. The molecule has 0 saturated carbocycles. The number of hydrogen-bond acceptors (Lipinski definition) is 4. The molecule has 0 fully saturated rings. The molecule has 1 amide bonds. The van der Waals surface area contributed by atoms with Crippen molar-refractivity contribution in [3.05, 3.63) is 58.6 Å². The summed E-state index contributed by atoms with van der Waals surface area (Å²) < 4.78 is 11.2. The summed E-state index contributed by atoms with van der Waals surface area (Å²) in [7, 11) is 0. The molecule has 27 heavy (non-hydrogen) atoms. The van der Waals surface area contributed by atoms with Gasteiger partial charge in [-0.15, -0.1) is 0 Å². The summed E-state index contributed by atoms with van der Waals surface area (Å²) in [4.78, 5) is 12.9. The van der Waals surface area contributed by atoms with E-state index in [2.05, 4.69) is 5.10 Å². The highest BCUT2D eigenvalue weighted by Gasteiger charge is 2.28. The zero-order valence-electron chi connectivity index (χ0n) is 15.5. The van der Waals surface area contributed by atoms with Crippen LogP contribution in [0.2, 0.25) is 5.02 Å². The van der Waals surface area contributed by atoms with Gasteiger partial charge in [-0.2, -0.15) is 10.1 Å². The summed E-state index contributed by atoms with van der Waals surface area (Å²) in [5.74, 6) is 1.15. The fourth-order valence-electron chi connectivity index (χ4n) is 2.79. The molecule has 1 aliphatic rings. The minimum Gasteiger partial charge on any atom is -0.490 e. The molecule has 0 N–H and O–H groups in total. The molecule has 1 heterocycles. The molecule has 140 valence electrons. The highest BCUT2D eigenvalue weighted by Crippen LogP contribution is 2.31. The van der Waals surface area contributed by atoms with Crippen LogP contribution in [0.1, 0.15) is 26.3 Å². The van der Waals surface area contributed by atoms with Gasteiger partial charge in [0.05, 0.1) is 30.2 Å². The number of anilines is 1. The van der Waals surface area contributed by atoms with Gasteiger partial charge in [0.2, 0.25) is 0 Å². The van der Waals surface area contributed by atoms with E-state index in [1.165, 1.54) is 5.01 Å². The fraction of sp³-hybridized carbons (Fsp3) is 0.238. The molecule has 3 rings (SSSR count). The van der Waals surface area contributed by atoms with Crippen LogP contribution in [-0.2, 0) is 4.79 Å². The number of rotatable bonds is 6. The molecule has 0 bridgehead atoms. The first-order valence-corrected chi connectivity index (χ1v) is 9.18. The lowest BCUT2D eigenvalue weighted by atomic mass is 10.1. The third-order valence-electron chi connectivity index (χ3n) is 3.99. The van der Waals surface area contributed by atoms with E-state index in [9.17, 15) is 4.79 Å². The normalized spacial score (nSPS) is 15.3. The number of carbonyl (C=O) groups excluding carboxylic acids is 1. The summed E-state index contributed by atoms with van der Waals surface area (Å²) in [5, 5.41) is 6.30. The van der Waals surface area contributed by atoms with Gasteiger partial charge in [-0.25, -0.2) is 0 Å². The van der Waals surface area contributed by atoms with Gasteiger partial charge in [-0.3, -0.25) is 4.79 Å². The van der Waals surface area contributed by atoms with Crippen LogP contribution < -0.4 is 14.5 Å². The Balaban J connectivity index is 1.92. The number of hydrazone groups is 1. The third-order valence-corrected chi connectivity index (χ3v) is 4.23. The van der Waals surface area contributed by atoms with E-state index in [1.807, 2.05) is 45.0 Å². The average Bonchev–Trinajstić information content (AvgIpc) is 2.92. The van der Waals surface area contributed by atoms with Crippen LogP contribution in [0.15, 0.2) is 53.1 Å². The molecule has 1 aliphatic heterocycles. The number of nitrogens with zero attached hydrogens (tertiary/aromatic N) is 2. The van der Waals surface area contributed by atoms with Crippen LogP contribution in [0.5, 0.6) is 11.5 Å². The maximum Gasteiger partial charge on any atom is 0.280 e. The number of hydrogen-bond donors (Lipinski definition) is 0. The van der Waals surface area contributed by atoms with Gasteiger partial charge in [0, 0.05) is 5.02 Å². The fourth-order valence-corrected chi connectivity index (χ4v) is 2.98. The maximum atomic E-state index is 12.9. The predicted molar refractivity (Wildman–Crippen MR) is 109 cm³/mol. The Morgan fingerprint density at radius 3 is 2.52 bits per heavy atom. The monoisotopic (exact) mass is 384 g/mol. The molecule has 5 nitrogen and oxygen atoms in total. The van der Waals surface area contributed by atoms with Crippen LogP contribution >= 0.6 is 11.6 Å². The van der Waals surface area contributed by atoms with Crippen LogP contribution in [0.4, 0.5) is 5.69 Å². The summed E-state index contributed by atoms with van der Waals surface area (Å²) in [5.41, 5.74) is 2.65. The molecule has 6 heteroatoms. The molecule has 0 radical (unpaired) electrons. The number of benzene rings is 2. The molecule has 2 aromatic carbocycles. The first kappa shape index (κ1) is 19.0. The van der Waals surface area contributed by atoms with Crippen molar-refractivity contribution in [1.29, 1.82) is 0 Å². The number of ether oxygens (including phenoxy) is 2. The van der Waals surface area contributed by atoms with E-state index in [4.69, 9.17) is 21.1 Å². The lowest BCUT2D eigenvalue weighted by molar-refractivity contribution is -0.114. The van der Waals surface area contributed by atoms with E-state index < -0.39 is 0 Å². The van der Waals surface area contributed by atoms with Gasteiger partial charge in [-0.1, -0.05) is 23.7 Å². The Morgan fingerprint density at radius 2 is 1.81 bits per heavy atom. The van der Waals surface area contributed by atoms with E-state index >= 15 is 0 Å². The van der Waals surface area contributed by atoms with Gasteiger partial charge in [0.15, 0.2) is 11.5 Å². The molecule has 0 aromatic heterocycles. The first-order chi connectivity index (χ1) is 13.0. The molecular weight excluding hydrogens is 364 g/mol. The van der Waals surface area contributed by atoms with Crippen LogP contribution in [0.25, 0.3) is 6.08 Å². The van der Waals surface area contributed by atoms with Crippen molar-refractivity contribution in [2.45, 2.75) is 20.8 Å². The summed E-state index contributed by atoms with van der Waals surface area (Å²) in [6, 6.07) is 12.7. The molecular formula is C21H21ClN2O3. The largest absolute Gasteiger partial charge is 0.490 e. The van der Waals surface area contributed by atoms with Gasteiger partial charge >= 0.3 is 0 Å². The van der Waals surface area contributed by atoms with Crippen molar-refractivity contribution in [1.82, 2.24) is 0 Å². The molecule has 0 saturated heterocycles. The predicted octanol–water partition coefficient (Wildman–Crippen LogP) is 4.94. The van der Waals surface area contributed by atoms with Crippen LogP contribution in [0.3, 0.4) is 0 Å². The number of carbonyl (C=O) groups is 1. The second-order valence-corrected chi connectivity index (χ2v) is 6.35. The summed E-state index contributed by atoms with van der Waals surface area (Å²) in [6.07, 6.45) is 1.81. The zero-order chi connectivity index (χ0) is 19.4. The molecule has 0 unspecified atom stereocenters. The van der Waals surface area contributed by atoms with E-state index in [-0.39, 0.29) is 5.91 Å². The smallest absolute Gasteiger partial charge is 0.280 e. The topological polar surface area (TPSA) is 51.1 Å². The minimum absolute atomic E-state index is 0.193. The van der Waals surface area contributed by atoms with Crippen LogP contribution in [0, 0.1) is 0 Å². The van der Waals surface area contributed by atoms with E-state index in [0.717, 1.165) is 5.56 Å². The van der Waals surface area contributed by atoms with E-state index in [0.29, 0.717) is 46.7 Å². The average molecular weight is 385 g/mol. The number of halogens is 1. The Hall–Kier alpha value is -2.79. The SMILES string of the molecule is CCOc1ccc(/C=C2/C(=O)N(c3cccc(Cl)c3)N=C2C)cc1OCC. The molecule has 2 aromatic rings. The van der Waals surface area contributed by atoms with Crippen LogP contribution in [-0.4, -0.2) is 24.8 Å². The number of amides is 1. The first-order valence-electron chi connectivity index (χ1n) is 8.80. The Labute approximate surface area is 163 Å². The highest BCUT2D eigenvalue weighted by molar-refractivity contribution is 6.33. The van der Waals surface area contributed by atoms with Crippen molar-refractivity contribution >= 4 is 35.0 Å². The van der Waals surface area contributed by atoms with E-state index in [1.54, 1.807) is 24.3 Å². The summed E-state index contributed by atoms with van der Waals surface area (Å²) >= 11 is 6.03. The van der Waals surface area contributed by atoms with Gasteiger partial charge < -0.3 is 9.47 Å². The summed E-state index contributed by atoms with van der Waals surface area (Å²) in [6.45, 7) is 6.74. The minimum atomic E-state index is -0.193. The molecule has 0 aliphatic carbocycles. The van der Waals surface area contributed by atoms with Crippen molar-refractivity contribution in [2.75, 3.05) is 18.2 Å². The van der Waals surface area contributed by atoms with Crippen molar-refractivity contribution in [3.8, 4) is 11.5 Å². The maximum absolute atomic E-state index is 12.9. The molecule has 0 atom stereocenters. The van der Waals surface area contributed by atoms with Gasteiger partial charge in [0.1, 0.15) is 0 Å². The second kappa shape index (κ2) is 8.27. The van der Waals surface area contributed by atoms with Gasteiger partial charge in [-0.05, 0) is 62.7 Å².